The Labute approximate surface area is 163 Å². The van der Waals surface area contributed by atoms with Crippen molar-refractivity contribution >= 4 is 17.7 Å². The third-order valence-electron chi connectivity index (χ3n) is 4.54. The highest BCUT2D eigenvalue weighted by molar-refractivity contribution is 6.35. The summed E-state index contributed by atoms with van der Waals surface area (Å²) in [5, 5.41) is 2.59. The van der Waals surface area contributed by atoms with E-state index in [4.69, 9.17) is 14.2 Å². The van der Waals surface area contributed by atoms with Crippen LogP contribution >= 0.6 is 0 Å². The Kier molecular flexibility index (Phi) is 5.91. The summed E-state index contributed by atoms with van der Waals surface area (Å²) in [5.74, 6) is 0.0480. The van der Waals surface area contributed by atoms with Crippen molar-refractivity contribution in [2.75, 3.05) is 46.5 Å². The standard InChI is InChI=1S/C19H25N3O6/c1-12(2)20-17(23)19(25)22-6-4-21(5-7-22)18(24)13-10-14(26-3)16-15(11-13)27-8-9-28-16/h10-12H,4-9H2,1-3H3,(H,20,23). The van der Waals surface area contributed by atoms with Gasteiger partial charge in [0.05, 0.1) is 7.11 Å². The normalized spacial score (nSPS) is 16.0. The number of nitrogens with one attached hydrogen (secondary N) is 1. The zero-order chi connectivity index (χ0) is 20.3. The number of hydrogen-bond donors (Lipinski definition) is 1. The van der Waals surface area contributed by atoms with Gasteiger partial charge in [0.15, 0.2) is 11.5 Å². The van der Waals surface area contributed by atoms with Crippen molar-refractivity contribution in [1.29, 1.82) is 0 Å². The molecular weight excluding hydrogens is 366 g/mol. The van der Waals surface area contributed by atoms with Crippen LogP contribution in [0, 0.1) is 0 Å². The maximum atomic E-state index is 12.9. The smallest absolute Gasteiger partial charge is 0.312 e. The fraction of sp³-hybridized carbons (Fsp3) is 0.526. The molecule has 3 rings (SSSR count). The minimum Gasteiger partial charge on any atom is -0.493 e. The Morgan fingerprint density at radius 2 is 1.68 bits per heavy atom. The van der Waals surface area contributed by atoms with E-state index in [1.54, 1.807) is 30.9 Å². The van der Waals surface area contributed by atoms with Gasteiger partial charge in [-0.05, 0) is 26.0 Å². The summed E-state index contributed by atoms with van der Waals surface area (Å²) in [6.07, 6.45) is 0. The number of hydrogen-bond acceptors (Lipinski definition) is 6. The molecule has 2 heterocycles. The molecule has 3 amide bonds. The fourth-order valence-corrected chi connectivity index (χ4v) is 3.16. The number of benzene rings is 1. The Morgan fingerprint density at radius 3 is 2.32 bits per heavy atom. The van der Waals surface area contributed by atoms with Crippen LogP contribution in [0.2, 0.25) is 0 Å². The first-order chi connectivity index (χ1) is 13.4. The van der Waals surface area contributed by atoms with Crippen LogP contribution in [0.25, 0.3) is 0 Å². The minimum absolute atomic E-state index is 0.107. The molecule has 28 heavy (non-hydrogen) atoms. The first kappa shape index (κ1) is 19.8. The second kappa shape index (κ2) is 8.37. The van der Waals surface area contributed by atoms with E-state index in [-0.39, 0.29) is 11.9 Å². The van der Waals surface area contributed by atoms with E-state index in [9.17, 15) is 14.4 Å². The molecule has 0 aromatic heterocycles. The third-order valence-corrected chi connectivity index (χ3v) is 4.54. The molecule has 2 aliphatic rings. The van der Waals surface area contributed by atoms with E-state index in [1.165, 1.54) is 12.0 Å². The lowest BCUT2D eigenvalue weighted by atomic mass is 10.1. The van der Waals surface area contributed by atoms with Crippen LogP contribution in [-0.4, -0.2) is 80.1 Å². The van der Waals surface area contributed by atoms with E-state index < -0.39 is 11.8 Å². The van der Waals surface area contributed by atoms with E-state index in [0.717, 1.165) is 0 Å². The van der Waals surface area contributed by atoms with Crippen LogP contribution in [-0.2, 0) is 9.59 Å². The van der Waals surface area contributed by atoms with E-state index >= 15 is 0 Å². The molecule has 0 bridgehead atoms. The van der Waals surface area contributed by atoms with Gasteiger partial charge in [0.1, 0.15) is 13.2 Å². The molecule has 0 unspecified atom stereocenters. The monoisotopic (exact) mass is 391 g/mol. The number of methoxy groups -OCH3 is 1. The van der Waals surface area contributed by atoms with Gasteiger partial charge < -0.3 is 29.3 Å². The van der Waals surface area contributed by atoms with Gasteiger partial charge in [-0.25, -0.2) is 0 Å². The lowest BCUT2D eigenvalue weighted by Gasteiger charge is -2.34. The van der Waals surface area contributed by atoms with Crippen molar-refractivity contribution in [2.24, 2.45) is 0 Å². The van der Waals surface area contributed by atoms with Gasteiger partial charge in [0.25, 0.3) is 5.91 Å². The maximum Gasteiger partial charge on any atom is 0.312 e. The van der Waals surface area contributed by atoms with E-state index in [1.807, 2.05) is 0 Å². The molecule has 1 saturated heterocycles. The first-order valence-corrected chi connectivity index (χ1v) is 9.27. The number of nitrogens with zero attached hydrogens (tertiary/aromatic N) is 2. The van der Waals surface area contributed by atoms with Gasteiger partial charge in [0, 0.05) is 37.8 Å². The van der Waals surface area contributed by atoms with Crippen LogP contribution in [0.3, 0.4) is 0 Å². The number of rotatable bonds is 3. The highest BCUT2D eigenvalue weighted by Crippen LogP contribution is 2.40. The van der Waals surface area contributed by atoms with E-state index in [0.29, 0.717) is 62.2 Å². The largest absolute Gasteiger partial charge is 0.493 e. The third kappa shape index (κ3) is 4.13. The molecule has 152 valence electrons. The fourth-order valence-electron chi connectivity index (χ4n) is 3.16. The lowest BCUT2D eigenvalue weighted by molar-refractivity contribution is -0.147. The molecular formula is C19H25N3O6. The zero-order valence-corrected chi connectivity index (χ0v) is 16.3. The molecule has 0 spiro atoms. The summed E-state index contributed by atoms with van der Waals surface area (Å²) in [4.78, 5) is 40.1. The maximum absolute atomic E-state index is 12.9. The quantitative estimate of drug-likeness (QED) is 0.743. The van der Waals surface area contributed by atoms with E-state index in [2.05, 4.69) is 5.32 Å². The number of ether oxygens (including phenoxy) is 3. The predicted octanol–water partition coefficient (Wildman–Crippen LogP) is 0.275. The van der Waals surface area contributed by atoms with Gasteiger partial charge in [-0.15, -0.1) is 0 Å². The Morgan fingerprint density at radius 1 is 1.04 bits per heavy atom. The van der Waals surface area contributed by atoms with Gasteiger partial charge in [0.2, 0.25) is 5.75 Å². The second-order valence-corrected chi connectivity index (χ2v) is 6.92. The van der Waals surface area contributed by atoms with Crippen LogP contribution < -0.4 is 19.5 Å². The topological polar surface area (TPSA) is 97.4 Å². The van der Waals surface area contributed by atoms with Crippen molar-refractivity contribution < 1.29 is 28.6 Å². The lowest BCUT2D eigenvalue weighted by Crippen LogP contribution is -2.54. The highest BCUT2D eigenvalue weighted by atomic mass is 16.6. The molecule has 2 aliphatic heterocycles. The highest BCUT2D eigenvalue weighted by Gasteiger charge is 2.29. The summed E-state index contributed by atoms with van der Waals surface area (Å²) >= 11 is 0. The molecule has 1 aromatic rings. The number of carbonyl (C=O) groups is 3. The van der Waals surface area contributed by atoms with Crippen LogP contribution in [0.15, 0.2) is 12.1 Å². The van der Waals surface area contributed by atoms with Gasteiger partial charge in [-0.1, -0.05) is 0 Å². The predicted molar refractivity (Wildman–Crippen MR) is 99.7 cm³/mol. The SMILES string of the molecule is COc1cc(C(=O)N2CCN(C(=O)C(=O)NC(C)C)CC2)cc2c1OCCO2. The van der Waals surface area contributed by atoms with Crippen molar-refractivity contribution in [3.63, 3.8) is 0 Å². The van der Waals surface area contributed by atoms with Crippen molar-refractivity contribution in [3.05, 3.63) is 17.7 Å². The Bertz CT molecular complexity index is 754. The number of fused-ring (bicyclic) bond motifs is 1. The van der Waals surface area contributed by atoms with Crippen molar-refractivity contribution in [1.82, 2.24) is 15.1 Å². The molecule has 0 aliphatic carbocycles. The molecule has 0 saturated carbocycles. The van der Waals surface area contributed by atoms with Gasteiger partial charge in [-0.3, -0.25) is 14.4 Å². The molecule has 0 atom stereocenters. The summed E-state index contributed by atoms with van der Waals surface area (Å²) in [6, 6.07) is 3.17. The van der Waals surface area contributed by atoms with Crippen molar-refractivity contribution in [2.45, 2.75) is 19.9 Å². The Hall–Kier alpha value is -2.97. The minimum atomic E-state index is -0.619. The van der Waals surface area contributed by atoms with Crippen molar-refractivity contribution in [3.8, 4) is 17.2 Å². The Balaban J connectivity index is 1.66. The van der Waals surface area contributed by atoms with Crippen LogP contribution in [0.5, 0.6) is 17.2 Å². The molecule has 0 radical (unpaired) electrons. The summed E-state index contributed by atoms with van der Waals surface area (Å²) < 4.78 is 16.5. The molecule has 1 fully saturated rings. The number of amides is 3. The molecule has 1 N–H and O–H groups in total. The zero-order valence-electron chi connectivity index (χ0n) is 16.3. The second-order valence-electron chi connectivity index (χ2n) is 6.92. The number of carbonyl (C=O) groups excluding carboxylic acids is 3. The van der Waals surface area contributed by atoms with Crippen LogP contribution in [0.1, 0.15) is 24.2 Å². The summed E-state index contributed by atoms with van der Waals surface area (Å²) in [5.41, 5.74) is 0.429. The molecule has 9 heteroatoms. The molecule has 9 nitrogen and oxygen atoms in total. The molecule has 1 aromatic carbocycles. The number of piperazine rings is 1. The van der Waals surface area contributed by atoms with Crippen LogP contribution in [0.4, 0.5) is 0 Å². The first-order valence-electron chi connectivity index (χ1n) is 9.27. The average molecular weight is 391 g/mol. The van der Waals surface area contributed by atoms with Gasteiger partial charge >= 0.3 is 11.8 Å². The summed E-state index contributed by atoms with van der Waals surface area (Å²) in [7, 11) is 1.51. The van der Waals surface area contributed by atoms with Gasteiger partial charge in [-0.2, -0.15) is 0 Å². The average Bonchev–Trinajstić information content (AvgIpc) is 2.71. The summed E-state index contributed by atoms with van der Waals surface area (Å²) in [6.45, 7) is 5.72.